The van der Waals surface area contributed by atoms with Gasteiger partial charge in [0, 0.05) is 24.5 Å². The van der Waals surface area contributed by atoms with E-state index in [0.717, 1.165) is 0 Å². The summed E-state index contributed by atoms with van der Waals surface area (Å²) in [7, 11) is -1.90. The zero-order valence-corrected chi connectivity index (χ0v) is 12.6. The third-order valence-corrected chi connectivity index (χ3v) is 3.98. The van der Waals surface area contributed by atoms with Crippen LogP contribution in [0.4, 0.5) is 0 Å². The molecule has 2 N–H and O–H groups in total. The molecular weight excluding hydrogens is 304 g/mol. The Morgan fingerprint density at radius 1 is 1.35 bits per heavy atom. The molecule has 1 rings (SSSR count). The molecular formula is C12H17ClN2O4S. The second-order valence-corrected chi connectivity index (χ2v) is 6.19. The molecule has 8 heteroatoms. The molecule has 0 aliphatic carbocycles. The van der Waals surface area contributed by atoms with Gasteiger partial charge in [-0.15, -0.1) is 11.6 Å². The summed E-state index contributed by atoms with van der Waals surface area (Å²) in [5, 5.41) is 2.54. The third kappa shape index (κ3) is 5.77. The van der Waals surface area contributed by atoms with Crippen LogP contribution in [0.3, 0.4) is 0 Å². The molecule has 1 aromatic carbocycles. The first-order valence-electron chi connectivity index (χ1n) is 5.94. The van der Waals surface area contributed by atoms with Crippen molar-refractivity contribution in [3.8, 4) is 5.75 Å². The number of ether oxygens (including phenoxy) is 1. The number of amides is 1. The van der Waals surface area contributed by atoms with Crippen LogP contribution in [0.25, 0.3) is 0 Å². The Hall–Kier alpha value is -1.31. The van der Waals surface area contributed by atoms with Crippen LogP contribution in [0.2, 0.25) is 0 Å². The number of alkyl halides is 1. The Balaban J connectivity index is 2.47. The number of hydrogen-bond acceptors (Lipinski definition) is 4. The fraction of sp³-hybridized carbons (Fsp3) is 0.417. The van der Waals surface area contributed by atoms with Crippen molar-refractivity contribution in [2.45, 2.75) is 0 Å². The number of methoxy groups -OCH3 is 1. The van der Waals surface area contributed by atoms with Gasteiger partial charge in [0.1, 0.15) is 5.75 Å². The standard InChI is InChI=1S/C12H17ClN2O4S/c1-19-11-4-2-3-10(9-11)12(16)14-7-8-20(17,18)15-6-5-13/h2-4,9,15H,5-8H2,1H3,(H,14,16). The summed E-state index contributed by atoms with van der Waals surface area (Å²) in [4.78, 5) is 11.8. The minimum Gasteiger partial charge on any atom is -0.497 e. The molecule has 1 aromatic rings. The molecule has 0 saturated heterocycles. The molecule has 0 atom stereocenters. The first kappa shape index (κ1) is 16.7. The molecule has 0 saturated carbocycles. The second-order valence-electron chi connectivity index (χ2n) is 3.89. The maximum atomic E-state index is 11.8. The van der Waals surface area contributed by atoms with Crippen molar-refractivity contribution in [1.29, 1.82) is 0 Å². The third-order valence-electron chi connectivity index (χ3n) is 2.40. The van der Waals surface area contributed by atoms with Crippen molar-refractivity contribution >= 4 is 27.5 Å². The zero-order chi connectivity index (χ0) is 15.0. The number of sulfonamides is 1. The van der Waals surface area contributed by atoms with Gasteiger partial charge in [0.15, 0.2) is 0 Å². The predicted octanol–water partition coefficient (Wildman–Crippen LogP) is 0.583. The molecule has 0 heterocycles. The fourth-order valence-corrected chi connectivity index (χ4v) is 2.57. The summed E-state index contributed by atoms with van der Waals surface area (Å²) in [6.07, 6.45) is 0. The van der Waals surface area contributed by atoms with Crippen LogP contribution >= 0.6 is 11.6 Å². The Bertz CT molecular complexity index is 548. The Morgan fingerprint density at radius 2 is 2.10 bits per heavy atom. The van der Waals surface area contributed by atoms with Gasteiger partial charge < -0.3 is 10.1 Å². The highest BCUT2D eigenvalue weighted by molar-refractivity contribution is 7.89. The Kier molecular flexibility index (Phi) is 6.77. The van der Waals surface area contributed by atoms with Crippen molar-refractivity contribution < 1.29 is 17.9 Å². The lowest BCUT2D eigenvalue weighted by Gasteiger charge is -2.08. The van der Waals surface area contributed by atoms with Crippen LogP contribution in [0.15, 0.2) is 24.3 Å². The van der Waals surface area contributed by atoms with Crippen LogP contribution in [0.1, 0.15) is 10.4 Å². The van der Waals surface area contributed by atoms with Crippen LogP contribution in [-0.2, 0) is 10.0 Å². The molecule has 0 aromatic heterocycles. The van der Waals surface area contributed by atoms with Crippen LogP contribution in [0.5, 0.6) is 5.75 Å². The Labute approximate surface area is 123 Å². The number of benzene rings is 1. The summed E-state index contributed by atoms with van der Waals surface area (Å²) in [5.41, 5.74) is 0.412. The molecule has 0 unspecified atom stereocenters. The monoisotopic (exact) mass is 320 g/mol. The van der Waals surface area contributed by atoms with E-state index in [1.807, 2.05) is 0 Å². The van der Waals surface area contributed by atoms with E-state index in [0.29, 0.717) is 11.3 Å². The predicted molar refractivity (Wildman–Crippen MR) is 77.8 cm³/mol. The maximum absolute atomic E-state index is 11.8. The first-order valence-corrected chi connectivity index (χ1v) is 8.13. The number of hydrogen-bond donors (Lipinski definition) is 2. The number of carbonyl (C=O) groups is 1. The molecule has 0 aliphatic rings. The zero-order valence-electron chi connectivity index (χ0n) is 11.1. The van der Waals surface area contributed by atoms with Gasteiger partial charge in [-0.3, -0.25) is 4.79 Å². The molecule has 0 bridgehead atoms. The fourth-order valence-electron chi connectivity index (χ4n) is 1.43. The highest BCUT2D eigenvalue weighted by Crippen LogP contribution is 2.12. The lowest BCUT2D eigenvalue weighted by molar-refractivity contribution is 0.0956. The highest BCUT2D eigenvalue weighted by Gasteiger charge is 2.11. The average molecular weight is 321 g/mol. The normalized spacial score (nSPS) is 11.1. The van der Waals surface area contributed by atoms with E-state index in [2.05, 4.69) is 10.0 Å². The minimum absolute atomic E-state index is 0.0215. The number of rotatable bonds is 8. The Morgan fingerprint density at radius 3 is 2.75 bits per heavy atom. The van der Waals surface area contributed by atoms with Crippen molar-refractivity contribution in [1.82, 2.24) is 10.0 Å². The quantitative estimate of drug-likeness (QED) is 0.686. The van der Waals surface area contributed by atoms with E-state index in [-0.39, 0.29) is 30.6 Å². The summed E-state index contributed by atoms with van der Waals surface area (Å²) < 4.78 is 30.3. The van der Waals surface area contributed by atoms with Gasteiger partial charge in [0.2, 0.25) is 10.0 Å². The van der Waals surface area contributed by atoms with E-state index in [9.17, 15) is 13.2 Å². The molecule has 1 amide bonds. The molecule has 20 heavy (non-hydrogen) atoms. The number of halogens is 1. The van der Waals surface area contributed by atoms with E-state index in [1.165, 1.54) is 7.11 Å². The van der Waals surface area contributed by atoms with Crippen molar-refractivity contribution in [2.75, 3.05) is 31.8 Å². The topological polar surface area (TPSA) is 84.5 Å². The first-order chi connectivity index (χ1) is 9.48. The van der Waals surface area contributed by atoms with E-state index >= 15 is 0 Å². The van der Waals surface area contributed by atoms with E-state index in [1.54, 1.807) is 24.3 Å². The average Bonchev–Trinajstić information content (AvgIpc) is 2.45. The molecule has 0 fully saturated rings. The van der Waals surface area contributed by atoms with Crippen molar-refractivity contribution in [3.05, 3.63) is 29.8 Å². The maximum Gasteiger partial charge on any atom is 0.251 e. The lowest BCUT2D eigenvalue weighted by Crippen LogP contribution is -2.35. The van der Waals surface area contributed by atoms with Gasteiger partial charge in [-0.25, -0.2) is 13.1 Å². The SMILES string of the molecule is COc1cccc(C(=O)NCCS(=O)(=O)NCCCl)c1. The lowest BCUT2D eigenvalue weighted by atomic mass is 10.2. The smallest absolute Gasteiger partial charge is 0.251 e. The van der Waals surface area contributed by atoms with Gasteiger partial charge in [0.25, 0.3) is 5.91 Å². The summed E-state index contributed by atoms with van der Waals surface area (Å²) in [6.45, 7) is 0.196. The van der Waals surface area contributed by atoms with Crippen LogP contribution < -0.4 is 14.8 Å². The van der Waals surface area contributed by atoms with E-state index < -0.39 is 10.0 Å². The summed E-state index contributed by atoms with van der Waals surface area (Å²) >= 11 is 5.39. The van der Waals surface area contributed by atoms with Gasteiger partial charge in [-0.2, -0.15) is 0 Å². The summed E-state index contributed by atoms with van der Waals surface area (Å²) in [6, 6.07) is 6.61. The van der Waals surface area contributed by atoms with Crippen LogP contribution in [0, 0.1) is 0 Å². The van der Waals surface area contributed by atoms with Gasteiger partial charge >= 0.3 is 0 Å². The summed E-state index contributed by atoms with van der Waals surface area (Å²) in [5.74, 6) is 0.222. The van der Waals surface area contributed by atoms with Crippen LogP contribution in [-0.4, -0.2) is 46.2 Å². The van der Waals surface area contributed by atoms with Crippen molar-refractivity contribution in [3.63, 3.8) is 0 Å². The second kappa shape index (κ2) is 8.08. The molecule has 0 radical (unpaired) electrons. The molecule has 112 valence electrons. The van der Waals surface area contributed by atoms with Gasteiger partial charge in [-0.05, 0) is 18.2 Å². The number of carbonyl (C=O) groups excluding carboxylic acids is 1. The molecule has 0 spiro atoms. The largest absolute Gasteiger partial charge is 0.497 e. The molecule has 0 aliphatic heterocycles. The van der Waals surface area contributed by atoms with Gasteiger partial charge in [0.05, 0.1) is 12.9 Å². The van der Waals surface area contributed by atoms with Gasteiger partial charge in [-0.1, -0.05) is 6.07 Å². The molecule has 6 nitrogen and oxygen atoms in total. The minimum atomic E-state index is -3.41. The van der Waals surface area contributed by atoms with Crippen molar-refractivity contribution in [2.24, 2.45) is 0 Å². The highest BCUT2D eigenvalue weighted by atomic mass is 35.5. The van der Waals surface area contributed by atoms with E-state index in [4.69, 9.17) is 16.3 Å². The number of nitrogens with one attached hydrogen (secondary N) is 2.